The Labute approximate surface area is 283 Å². The number of fused-ring (bicyclic) bond motifs is 2. The van der Waals surface area contributed by atoms with Gasteiger partial charge in [0.15, 0.2) is 11.6 Å². The largest absolute Gasteiger partial charge is 0.357 e. The quantitative estimate of drug-likeness (QED) is 0.175. The predicted molar refractivity (Wildman–Crippen MR) is 194 cm³/mol. The number of nitrogens with zero attached hydrogens (tertiary/aromatic N) is 8. The van der Waals surface area contributed by atoms with Gasteiger partial charge < -0.3 is 9.80 Å². The predicted octanol–water partition coefficient (Wildman–Crippen LogP) is 8.91. The number of nitriles is 2. The van der Waals surface area contributed by atoms with Crippen molar-refractivity contribution in [2.24, 2.45) is 0 Å². The average Bonchev–Trinajstić information content (AvgIpc) is 3.64. The molecule has 0 aliphatic carbocycles. The van der Waals surface area contributed by atoms with E-state index in [1.54, 1.807) is 0 Å². The summed E-state index contributed by atoms with van der Waals surface area (Å²) in [6.45, 7) is 12.0. The van der Waals surface area contributed by atoms with Gasteiger partial charge in [0, 0.05) is 37.3 Å². The molecule has 1 saturated heterocycles. The molecule has 0 saturated carbocycles. The van der Waals surface area contributed by atoms with Gasteiger partial charge in [-0.2, -0.15) is 10.5 Å². The van der Waals surface area contributed by atoms with Crippen molar-refractivity contribution in [3.63, 3.8) is 0 Å². The molecule has 0 amide bonds. The van der Waals surface area contributed by atoms with E-state index in [-0.39, 0.29) is 0 Å². The Bertz CT molecular complexity index is 2100. The maximum absolute atomic E-state index is 9.41. The Kier molecular flexibility index (Phi) is 9.72. The van der Waals surface area contributed by atoms with E-state index >= 15 is 0 Å². The molecule has 1 aliphatic heterocycles. The summed E-state index contributed by atoms with van der Waals surface area (Å²) >= 11 is 2.92. The smallest absolute Gasteiger partial charge is 0.163 e. The molecule has 0 radical (unpaired) electrons. The number of piperidine rings is 1. The molecule has 8 nitrogen and oxygen atoms in total. The lowest BCUT2D eigenvalue weighted by Gasteiger charge is -2.28. The molecule has 1 aliphatic rings. The minimum absolute atomic E-state index is 0.714. The van der Waals surface area contributed by atoms with E-state index in [0.29, 0.717) is 10.7 Å². The number of aromatic nitrogens is 4. The minimum Gasteiger partial charge on any atom is -0.357 e. The summed E-state index contributed by atoms with van der Waals surface area (Å²) < 4.78 is 0. The Hall–Kier alpha value is -4.90. The molecule has 2 aromatic carbocycles. The van der Waals surface area contributed by atoms with Gasteiger partial charge in [-0.05, 0) is 58.1 Å². The van der Waals surface area contributed by atoms with Crippen LogP contribution in [0.2, 0.25) is 0 Å². The Morgan fingerprint density at radius 2 is 1.17 bits per heavy atom. The van der Waals surface area contributed by atoms with Crippen LogP contribution in [-0.2, 0) is 0 Å². The van der Waals surface area contributed by atoms with Crippen LogP contribution in [0.25, 0.3) is 43.2 Å². The maximum Gasteiger partial charge on any atom is 0.163 e. The van der Waals surface area contributed by atoms with Gasteiger partial charge in [-0.3, -0.25) is 0 Å². The third-order valence-electron chi connectivity index (χ3n) is 8.53. The second-order valence-electron chi connectivity index (χ2n) is 11.4. The van der Waals surface area contributed by atoms with Gasteiger partial charge in [-0.1, -0.05) is 60.7 Å². The van der Waals surface area contributed by atoms with E-state index in [4.69, 9.17) is 19.9 Å². The highest BCUT2D eigenvalue weighted by Crippen LogP contribution is 2.38. The van der Waals surface area contributed by atoms with Crippen LogP contribution in [-0.4, -0.2) is 46.1 Å². The van der Waals surface area contributed by atoms with Gasteiger partial charge >= 0.3 is 0 Å². The number of benzene rings is 2. The number of aryl methyl sites for hydroxylation is 2. The van der Waals surface area contributed by atoms with Crippen LogP contribution in [0.3, 0.4) is 0 Å². The maximum atomic E-state index is 9.41. The number of rotatable bonds is 6. The zero-order valence-corrected chi connectivity index (χ0v) is 28.8. The average molecular weight is 657 g/mol. The van der Waals surface area contributed by atoms with Gasteiger partial charge in [-0.25, -0.2) is 19.9 Å². The van der Waals surface area contributed by atoms with Crippen molar-refractivity contribution in [1.29, 1.82) is 10.5 Å². The molecule has 0 unspecified atom stereocenters. The van der Waals surface area contributed by atoms with Crippen LogP contribution in [0, 0.1) is 36.5 Å². The summed E-state index contributed by atoms with van der Waals surface area (Å²) in [6.07, 6.45) is 3.67. The SMILES string of the molecule is CCN(CC)c1nc(-c2ccccc2)nc2sc(C#N)c(C)c12.Cc1c(C#N)sc2nc(-c3ccccc3)nc(N3CCCCC3)c12. The fourth-order valence-electron chi connectivity index (χ4n) is 5.97. The first-order valence-corrected chi connectivity index (χ1v) is 17.6. The molecule has 1 fully saturated rings. The molecule has 4 aromatic heterocycles. The van der Waals surface area contributed by atoms with Crippen molar-refractivity contribution in [1.82, 2.24) is 19.9 Å². The zero-order valence-electron chi connectivity index (χ0n) is 27.1. The lowest BCUT2D eigenvalue weighted by atomic mass is 10.1. The summed E-state index contributed by atoms with van der Waals surface area (Å²) in [5.74, 6) is 3.38. The summed E-state index contributed by atoms with van der Waals surface area (Å²) in [5.41, 5.74) is 4.00. The molecular formula is C37H36N8S2. The highest BCUT2D eigenvalue weighted by Gasteiger charge is 2.23. The Morgan fingerprint density at radius 1 is 0.681 bits per heavy atom. The Balaban J connectivity index is 0.000000165. The van der Waals surface area contributed by atoms with Gasteiger partial charge in [0.1, 0.15) is 43.2 Å². The fourth-order valence-corrected chi connectivity index (χ4v) is 7.91. The van der Waals surface area contributed by atoms with Crippen LogP contribution in [0.1, 0.15) is 54.0 Å². The molecule has 6 aromatic rings. The molecule has 7 rings (SSSR count). The second kappa shape index (κ2) is 14.3. The van der Waals surface area contributed by atoms with Crippen molar-refractivity contribution >= 4 is 54.7 Å². The fraction of sp³-hybridized carbons (Fsp3) is 0.297. The molecule has 236 valence electrons. The van der Waals surface area contributed by atoms with E-state index in [2.05, 4.69) is 35.8 Å². The molecule has 10 heteroatoms. The topological polar surface area (TPSA) is 106 Å². The van der Waals surface area contributed by atoms with Gasteiger partial charge in [0.05, 0.1) is 10.8 Å². The third-order valence-corrected chi connectivity index (χ3v) is 10.7. The molecule has 0 bridgehead atoms. The summed E-state index contributed by atoms with van der Waals surface area (Å²) in [5, 5.41) is 20.8. The van der Waals surface area contributed by atoms with E-state index < -0.39 is 0 Å². The van der Waals surface area contributed by atoms with Crippen molar-refractivity contribution in [3.05, 3.63) is 81.5 Å². The van der Waals surface area contributed by atoms with Crippen molar-refractivity contribution in [2.75, 3.05) is 36.0 Å². The molecule has 5 heterocycles. The number of thiophene rings is 2. The highest BCUT2D eigenvalue weighted by molar-refractivity contribution is 7.19. The monoisotopic (exact) mass is 656 g/mol. The molecular weight excluding hydrogens is 621 g/mol. The molecule has 47 heavy (non-hydrogen) atoms. The van der Waals surface area contributed by atoms with E-state index in [1.807, 2.05) is 74.5 Å². The number of anilines is 2. The van der Waals surface area contributed by atoms with Gasteiger partial charge in [0.2, 0.25) is 0 Å². The number of hydrogen-bond acceptors (Lipinski definition) is 10. The zero-order chi connectivity index (χ0) is 32.9. The first kappa shape index (κ1) is 32.1. The summed E-state index contributed by atoms with van der Waals surface area (Å²) in [4.78, 5) is 27.1. The van der Waals surface area contributed by atoms with Crippen LogP contribution in [0.4, 0.5) is 11.6 Å². The first-order chi connectivity index (χ1) is 23.0. The number of hydrogen-bond donors (Lipinski definition) is 0. The van der Waals surface area contributed by atoms with Crippen molar-refractivity contribution in [2.45, 2.75) is 47.0 Å². The van der Waals surface area contributed by atoms with Crippen molar-refractivity contribution < 1.29 is 0 Å². The molecule has 0 atom stereocenters. The van der Waals surface area contributed by atoms with Crippen LogP contribution >= 0.6 is 22.7 Å². The summed E-state index contributed by atoms with van der Waals surface area (Å²) in [6, 6.07) is 24.6. The normalized spacial score (nSPS) is 12.8. The van der Waals surface area contributed by atoms with E-state index in [1.165, 1.54) is 41.9 Å². The minimum atomic E-state index is 0.714. The third kappa shape index (κ3) is 6.40. The van der Waals surface area contributed by atoms with Crippen LogP contribution < -0.4 is 9.80 Å². The molecule has 0 N–H and O–H groups in total. The van der Waals surface area contributed by atoms with Crippen LogP contribution in [0.5, 0.6) is 0 Å². The van der Waals surface area contributed by atoms with Gasteiger partial charge in [-0.15, -0.1) is 22.7 Å². The Morgan fingerprint density at radius 3 is 1.68 bits per heavy atom. The summed E-state index contributed by atoms with van der Waals surface area (Å²) in [7, 11) is 0. The van der Waals surface area contributed by atoms with E-state index in [0.717, 1.165) is 91.2 Å². The first-order valence-electron chi connectivity index (χ1n) is 16.0. The lowest BCUT2D eigenvalue weighted by molar-refractivity contribution is 0.575. The molecule has 0 spiro atoms. The highest BCUT2D eigenvalue weighted by atomic mass is 32.1. The standard InChI is InChI=1S/C19H18N4S.C18H18N4S/c1-13-15(12-20)24-19-16(13)18(23-10-6-3-7-11-23)21-17(22-19)14-8-4-2-5-9-14;1-4-22(5-2)17-15-12(3)14(11-19)23-18(15)21-16(20-17)13-9-7-6-8-10-13/h2,4-5,8-9H,3,6-7,10-11H2,1H3;6-10H,4-5H2,1-3H3. The van der Waals surface area contributed by atoms with Crippen molar-refractivity contribution in [3.8, 4) is 34.9 Å². The second-order valence-corrected chi connectivity index (χ2v) is 13.4. The van der Waals surface area contributed by atoms with E-state index in [9.17, 15) is 10.5 Å². The lowest BCUT2D eigenvalue weighted by Crippen LogP contribution is -2.30. The van der Waals surface area contributed by atoms with Gasteiger partial charge in [0.25, 0.3) is 0 Å². The van der Waals surface area contributed by atoms with Crippen LogP contribution in [0.15, 0.2) is 60.7 Å².